The monoisotopic (exact) mass is 517 g/mol. The molecule has 0 saturated carbocycles. The van der Waals surface area contributed by atoms with E-state index in [2.05, 4.69) is 25.6 Å². The van der Waals surface area contributed by atoms with E-state index in [4.69, 9.17) is 4.74 Å². The van der Waals surface area contributed by atoms with Gasteiger partial charge in [-0.2, -0.15) is 0 Å². The van der Waals surface area contributed by atoms with Crippen molar-refractivity contribution in [3.63, 3.8) is 0 Å². The normalized spacial score (nSPS) is 15.3. The Hall–Kier alpha value is -3.57. The van der Waals surface area contributed by atoms with Gasteiger partial charge in [-0.1, -0.05) is 0 Å². The number of nitrogens with one attached hydrogen (secondary N) is 2. The van der Waals surface area contributed by atoms with E-state index in [0.29, 0.717) is 43.4 Å². The molecular formula is C24H26ClF2N7O2. The molecule has 2 aliphatic rings. The molecule has 2 N–H and O–H groups in total. The lowest BCUT2D eigenvalue weighted by Crippen LogP contribution is -2.48. The van der Waals surface area contributed by atoms with Gasteiger partial charge in [0.25, 0.3) is 0 Å². The van der Waals surface area contributed by atoms with Crippen LogP contribution in [-0.2, 0) is 4.79 Å². The minimum absolute atomic E-state index is 0. The standard InChI is InChI=1S/C24H25F2N7O2.ClH/c1-14(2)32-7-8-35-23-17(25)9-15(10-19(23)32)22-18(26)12-29-24(31-22)30-20-4-3-16(11-28-20)33-6-5-27-13-21(33)34;/h3-4,9-12,14,27H,5-8,13H2,1-2H3,(H,28,29,30,31);1H. The summed E-state index contributed by atoms with van der Waals surface area (Å²) in [5.41, 5.74) is 1.49. The maximum Gasteiger partial charge on any atom is 0.241 e. The molecule has 190 valence electrons. The third kappa shape index (κ3) is 5.02. The molecule has 1 aromatic carbocycles. The van der Waals surface area contributed by atoms with Gasteiger partial charge in [-0.3, -0.25) is 4.79 Å². The van der Waals surface area contributed by atoms with Crippen LogP contribution in [0, 0.1) is 11.6 Å². The first-order valence-corrected chi connectivity index (χ1v) is 11.4. The van der Waals surface area contributed by atoms with Gasteiger partial charge < -0.3 is 25.2 Å². The van der Waals surface area contributed by atoms with Gasteiger partial charge in [0.2, 0.25) is 11.9 Å². The molecule has 36 heavy (non-hydrogen) atoms. The highest BCUT2D eigenvalue weighted by Gasteiger charge is 2.26. The molecular weight excluding hydrogens is 492 g/mol. The summed E-state index contributed by atoms with van der Waals surface area (Å²) < 4.78 is 35.1. The number of carbonyl (C=O) groups is 1. The number of carbonyl (C=O) groups excluding carboxylic acids is 1. The number of anilines is 4. The smallest absolute Gasteiger partial charge is 0.241 e. The van der Waals surface area contributed by atoms with Crippen molar-refractivity contribution in [1.29, 1.82) is 0 Å². The van der Waals surface area contributed by atoms with E-state index in [1.165, 1.54) is 6.07 Å². The summed E-state index contributed by atoms with van der Waals surface area (Å²) in [6.45, 7) is 6.56. The number of fused-ring (bicyclic) bond motifs is 1. The quantitative estimate of drug-likeness (QED) is 0.531. The summed E-state index contributed by atoms with van der Waals surface area (Å²) >= 11 is 0. The van der Waals surface area contributed by atoms with E-state index in [1.54, 1.807) is 29.3 Å². The highest BCUT2D eigenvalue weighted by Crippen LogP contribution is 2.39. The maximum absolute atomic E-state index is 14.9. The number of piperazine rings is 1. The van der Waals surface area contributed by atoms with Crippen LogP contribution < -0.4 is 25.2 Å². The Morgan fingerprint density at radius 1 is 1.11 bits per heavy atom. The molecule has 2 aromatic heterocycles. The second-order valence-corrected chi connectivity index (χ2v) is 8.58. The van der Waals surface area contributed by atoms with Crippen LogP contribution in [0.2, 0.25) is 0 Å². The third-order valence-electron chi connectivity index (χ3n) is 5.94. The predicted molar refractivity (Wildman–Crippen MR) is 135 cm³/mol. The van der Waals surface area contributed by atoms with Gasteiger partial charge in [-0.05, 0) is 38.1 Å². The van der Waals surface area contributed by atoms with Crippen molar-refractivity contribution in [3.8, 4) is 17.0 Å². The van der Waals surface area contributed by atoms with Gasteiger partial charge in [-0.25, -0.2) is 23.7 Å². The lowest BCUT2D eigenvalue weighted by Gasteiger charge is -2.34. The average molecular weight is 518 g/mol. The Labute approximate surface area is 213 Å². The van der Waals surface area contributed by atoms with Gasteiger partial charge >= 0.3 is 0 Å². The van der Waals surface area contributed by atoms with Crippen LogP contribution >= 0.6 is 12.4 Å². The minimum Gasteiger partial charge on any atom is -0.486 e. The number of nitrogens with zero attached hydrogens (tertiary/aromatic N) is 5. The van der Waals surface area contributed by atoms with Crippen molar-refractivity contribution in [2.24, 2.45) is 0 Å². The molecule has 12 heteroatoms. The average Bonchev–Trinajstić information content (AvgIpc) is 2.85. The Morgan fingerprint density at radius 3 is 2.67 bits per heavy atom. The van der Waals surface area contributed by atoms with Crippen molar-refractivity contribution in [2.75, 3.05) is 47.9 Å². The predicted octanol–water partition coefficient (Wildman–Crippen LogP) is 3.53. The van der Waals surface area contributed by atoms with Crippen molar-refractivity contribution < 1.29 is 18.3 Å². The summed E-state index contributed by atoms with van der Waals surface area (Å²) in [6.07, 6.45) is 2.61. The van der Waals surface area contributed by atoms with E-state index in [0.717, 1.165) is 6.20 Å². The van der Waals surface area contributed by atoms with Crippen molar-refractivity contribution >= 4 is 41.5 Å². The fourth-order valence-corrected chi connectivity index (χ4v) is 4.22. The first kappa shape index (κ1) is 25.5. The molecule has 9 nitrogen and oxygen atoms in total. The Kier molecular flexibility index (Phi) is 7.51. The number of aromatic nitrogens is 3. The van der Waals surface area contributed by atoms with E-state index in [-0.39, 0.29) is 53.9 Å². The second-order valence-electron chi connectivity index (χ2n) is 8.58. The molecule has 0 atom stereocenters. The minimum atomic E-state index is -0.678. The van der Waals surface area contributed by atoms with Crippen molar-refractivity contribution in [1.82, 2.24) is 20.3 Å². The Bertz CT molecular complexity index is 1260. The van der Waals surface area contributed by atoms with Crippen LogP contribution in [0.15, 0.2) is 36.7 Å². The molecule has 0 spiro atoms. The molecule has 3 aromatic rings. The number of amides is 1. The molecule has 5 rings (SSSR count). The zero-order chi connectivity index (χ0) is 24.5. The topological polar surface area (TPSA) is 95.5 Å². The number of rotatable bonds is 5. The zero-order valence-electron chi connectivity index (χ0n) is 19.8. The molecule has 1 saturated heterocycles. The lowest BCUT2D eigenvalue weighted by atomic mass is 10.1. The van der Waals surface area contributed by atoms with Gasteiger partial charge in [0.05, 0.1) is 36.9 Å². The fourth-order valence-electron chi connectivity index (χ4n) is 4.22. The molecule has 4 heterocycles. The molecule has 0 bridgehead atoms. The molecule has 1 fully saturated rings. The van der Waals surface area contributed by atoms with Crippen LogP contribution in [0.5, 0.6) is 5.75 Å². The number of hydrogen-bond donors (Lipinski definition) is 2. The maximum atomic E-state index is 14.9. The number of halogens is 3. The summed E-state index contributed by atoms with van der Waals surface area (Å²) in [5, 5.41) is 5.97. The second kappa shape index (κ2) is 10.6. The van der Waals surface area contributed by atoms with E-state index >= 15 is 0 Å². The summed E-state index contributed by atoms with van der Waals surface area (Å²) in [5.74, 6) is -0.587. The number of pyridine rings is 1. The molecule has 0 unspecified atom stereocenters. The zero-order valence-corrected chi connectivity index (χ0v) is 20.6. The Balaban J connectivity index is 0.00000304. The van der Waals surface area contributed by atoms with Crippen LogP contribution in [0.3, 0.4) is 0 Å². The van der Waals surface area contributed by atoms with Gasteiger partial charge in [-0.15, -0.1) is 12.4 Å². The number of hydrogen-bond acceptors (Lipinski definition) is 8. The van der Waals surface area contributed by atoms with E-state index in [9.17, 15) is 13.6 Å². The molecule has 0 radical (unpaired) electrons. The van der Waals surface area contributed by atoms with Crippen molar-refractivity contribution in [3.05, 3.63) is 48.3 Å². The first-order chi connectivity index (χ1) is 16.9. The SMILES string of the molecule is CC(C)N1CCOc2c(F)cc(-c3nc(Nc4ccc(N5CCNCC5=O)cn4)ncc3F)cc21.Cl. The highest BCUT2D eigenvalue weighted by molar-refractivity contribution is 5.95. The van der Waals surface area contributed by atoms with Crippen LogP contribution in [0.4, 0.5) is 31.9 Å². The largest absolute Gasteiger partial charge is 0.486 e. The number of ether oxygens (including phenoxy) is 1. The molecule has 1 amide bonds. The van der Waals surface area contributed by atoms with E-state index < -0.39 is 11.6 Å². The van der Waals surface area contributed by atoms with Gasteiger partial charge in [0.15, 0.2) is 17.4 Å². The summed E-state index contributed by atoms with van der Waals surface area (Å²) in [7, 11) is 0. The highest BCUT2D eigenvalue weighted by atomic mass is 35.5. The number of benzene rings is 1. The molecule has 2 aliphatic heterocycles. The Morgan fingerprint density at radius 2 is 1.94 bits per heavy atom. The van der Waals surface area contributed by atoms with Gasteiger partial charge in [0.1, 0.15) is 18.1 Å². The molecule has 0 aliphatic carbocycles. The van der Waals surface area contributed by atoms with Gasteiger partial charge in [0, 0.05) is 24.7 Å². The first-order valence-electron chi connectivity index (χ1n) is 11.4. The van der Waals surface area contributed by atoms with Crippen molar-refractivity contribution in [2.45, 2.75) is 19.9 Å². The van der Waals surface area contributed by atoms with Crippen LogP contribution in [0.25, 0.3) is 11.3 Å². The summed E-state index contributed by atoms with van der Waals surface area (Å²) in [6, 6.07) is 6.47. The van der Waals surface area contributed by atoms with Crippen LogP contribution in [0.1, 0.15) is 13.8 Å². The summed E-state index contributed by atoms with van der Waals surface area (Å²) in [4.78, 5) is 28.4. The third-order valence-corrected chi connectivity index (χ3v) is 5.94. The van der Waals surface area contributed by atoms with Crippen LogP contribution in [-0.4, -0.2) is 59.7 Å². The fraction of sp³-hybridized carbons (Fsp3) is 0.333. The van der Waals surface area contributed by atoms with E-state index in [1.807, 2.05) is 18.7 Å². The lowest BCUT2D eigenvalue weighted by molar-refractivity contribution is -0.118.